The van der Waals surface area contributed by atoms with E-state index < -0.39 is 5.97 Å². The molecule has 1 aliphatic carbocycles. The van der Waals surface area contributed by atoms with E-state index in [1.54, 1.807) is 24.3 Å². The van der Waals surface area contributed by atoms with E-state index in [0.717, 1.165) is 24.8 Å². The lowest BCUT2D eigenvalue weighted by Crippen LogP contribution is -2.34. The Balaban J connectivity index is 1.46. The quantitative estimate of drug-likeness (QED) is 0.796. The van der Waals surface area contributed by atoms with Crippen LogP contribution in [0.25, 0.3) is 0 Å². The molecule has 138 valence electrons. The van der Waals surface area contributed by atoms with E-state index in [1.165, 1.54) is 5.56 Å². The molecule has 0 spiro atoms. The average molecular weight is 364 g/mol. The molecule has 0 radical (unpaired) electrons. The van der Waals surface area contributed by atoms with Crippen LogP contribution in [0.5, 0.6) is 5.75 Å². The van der Waals surface area contributed by atoms with Crippen LogP contribution in [0.15, 0.2) is 48.5 Å². The summed E-state index contributed by atoms with van der Waals surface area (Å²) in [5, 5.41) is 11.9. The van der Waals surface area contributed by atoms with Crippen molar-refractivity contribution in [2.75, 3.05) is 13.2 Å². The first-order valence-corrected chi connectivity index (χ1v) is 8.82. The second-order valence-electron chi connectivity index (χ2n) is 6.27. The van der Waals surface area contributed by atoms with Crippen LogP contribution in [0, 0.1) is 11.3 Å². The summed E-state index contributed by atoms with van der Waals surface area (Å²) in [5.41, 5.74) is 2.70. The van der Waals surface area contributed by atoms with Gasteiger partial charge in [-0.1, -0.05) is 36.4 Å². The molecule has 0 saturated carbocycles. The highest BCUT2D eigenvalue weighted by Gasteiger charge is 2.21. The van der Waals surface area contributed by atoms with E-state index in [9.17, 15) is 9.59 Å². The molecule has 0 aromatic heterocycles. The summed E-state index contributed by atoms with van der Waals surface area (Å²) in [6.07, 6.45) is 2.89. The molecular weight excluding hydrogens is 344 g/mol. The molecule has 1 aliphatic rings. The number of amides is 1. The van der Waals surface area contributed by atoms with Crippen molar-refractivity contribution in [3.8, 4) is 11.8 Å². The van der Waals surface area contributed by atoms with Crippen molar-refractivity contribution in [1.29, 1.82) is 5.26 Å². The second kappa shape index (κ2) is 8.86. The van der Waals surface area contributed by atoms with E-state index in [4.69, 9.17) is 14.7 Å². The zero-order valence-corrected chi connectivity index (χ0v) is 14.8. The smallest absolute Gasteiger partial charge is 0.344 e. The SMILES string of the molecule is N#Cc1ccccc1OCC(=O)OCC(=O)N[C@H]1CCCc2ccccc21. The number of ether oxygens (including phenoxy) is 2. The molecule has 2 aromatic carbocycles. The van der Waals surface area contributed by atoms with Gasteiger partial charge in [0.1, 0.15) is 11.8 Å². The number of fused-ring (bicyclic) bond motifs is 1. The molecule has 0 aliphatic heterocycles. The molecule has 2 aromatic rings. The molecule has 0 heterocycles. The van der Waals surface area contributed by atoms with Crippen molar-refractivity contribution >= 4 is 11.9 Å². The Morgan fingerprint density at radius 3 is 2.74 bits per heavy atom. The van der Waals surface area contributed by atoms with Crippen molar-refractivity contribution < 1.29 is 19.1 Å². The minimum Gasteiger partial charge on any atom is -0.481 e. The van der Waals surface area contributed by atoms with Gasteiger partial charge in [0.2, 0.25) is 0 Å². The number of hydrogen-bond donors (Lipinski definition) is 1. The van der Waals surface area contributed by atoms with Gasteiger partial charge in [0.05, 0.1) is 11.6 Å². The van der Waals surface area contributed by atoms with E-state index in [0.29, 0.717) is 11.3 Å². The number of rotatable bonds is 6. The number of para-hydroxylation sites is 1. The van der Waals surface area contributed by atoms with Crippen molar-refractivity contribution in [2.45, 2.75) is 25.3 Å². The van der Waals surface area contributed by atoms with Gasteiger partial charge in [-0.25, -0.2) is 4.79 Å². The highest BCUT2D eigenvalue weighted by molar-refractivity contribution is 5.81. The number of esters is 1. The highest BCUT2D eigenvalue weighted by atomic mass is 16.6. The van der Waals surface area contributed by atoms with Gasteiger partial charge in [0.25, 0.3) is 5.91 Å². The van der Waals surface area contributed by atoms with Crippen molar-refractivity contribution in [2.24, 2.45) is 0 Å². The van der Waals surface area contributed by atoms with Crippen LogP contribution in [0.1, 0.15) is 35.6 Å². The maximum Gasteiger partial charge on any atom is 0.344 e. The lowest BCUT2D eigenvalue weighted by atomic mass is 9.88. The minimum absolute atomic E-state index is 0.0556. The van der Waals surface area contributed by atoms with E-state index in [-0.39, 0.29) is 25.2 Å². The van der Waals surface area contributed by atoms with Crippen LogP contribution in [0.4, 0.5) is 0 Å². The summed E-state index contributed by atoms with van der Waals surface area (Å²) in [5.74, 6) is -0.704. The molecule has 1 atom stereocenters. The molecule has 0 fully saturated rings. The van der Waals surface area contributed by atoms with E-state index in [2.05, 4.69) is 11.4 Å². The number of nitrogens with zero attached hydrogens (tertiary/aromatic N) is 1. The molecule has 27 heavy (non-hydrogen) atoms. The highest BCUT2D eigenvalue weighted by Crippen LogP contribution is 2.29. The lowest BCUT2D eigenvalue weighted by molar-refractivity contribution is -0.150. The van der Waals surface area contributed by atoms with Gasteiger partial charge in [0, 0.05) is 0 Å². The molecule has 1 amide bonds. The third kappa shape index (κ3) is 4.85. The van der Waals surface area contributed by atoms with Crippen molar-refractivity contribution in [1.82, 2.24) is 5.32 Å². The molecule has 3 rings (SSSR count). The molecule has 0 bridgehead atoms. The van der Waals surface area contributed by atoms with Gasteiger partial charge in [-0.2, -0.15) is 5.26 Å². The first-order valence-electron chi connectivity index (χ1n) is 8.82. The Kier molecular flexibility index (Phi) is 6.06. The number of hydrogen-bond acceptors (Lipinski definition) is 5. The molecular formula is C21H20N2O4. The summed E-state index contributed by atoms with van der Waals surface area (Å²) < 4.78 is 10.3. The fourth-order valence-electron chi connectivity index (χ4n) is 3.15. The fourth-order valence-corrected chi connectivity index (χ4v) is 3.15. The zero-order valence-electron chi connectivity index (χ0n) is 14.8. The zero-order chi connectivity index (χ0) is 19.1. The summed E-state index contributed by atoms with van der Waals surface area (Å²) >= 11 is 0. The van der Waals surface area contributed by atoms with Gasteiger partial charge in [-0.05, 0) is 42.5 Å². The number of benzene rings is 2. The fraction of sp³-hybridized carbons (Fsp3) is 0.286. The van der Waals surface area contributed by atoms with Crippen LogP contribution in [-0.4, -0.2) is 25.1 Å². The maximum absolute atomic E-state index is 12.1. The molecule has 6 heteroatoms. The third-order valence-electron chi connectivity index (χ3n) is 4.42. The van der Waals surface area contributed by atoms with Crippen LogP contribution in [-0.2, 0) is 20.7 Å². The van der Waals surface area contributed by atoms with Crippen LogP contribution < -0.4 is 10.1 Å². The number of nitrogens with one attached hydrogen (secondary N) is 1. The Morgan fingerprint density at radius 2 is 1.89 bits per heavy atom. The number of aryl methyl sites for hydroxylation is 1. The predicted octanol–water partition coefficient (Wildman–Crippen LogP) is 2.67. The Morgan fingerprint density at radius 1 is 1.11 bits per heavy atom. The van der Waals surface area contributed by atoms with Crippen LogP contribution in [0.2, 0.25) is 0 Å². The van der Waals surface area contributed by atoms with E-state index >= 15 is 0 Å². The average Bonchev–Trinajstić information content (AvgIpc) is 2.71. The van der Waals surface area contributed by atoms with Crippen molar-refractivity contribution in [3.63, 3.8) is 0 Å². The Bertz CT molecular complexity index is 872. The standard InChI is InChI=1S/C21H20N2O4/c22-12-16-7-2-4-11-19(16)26-14-21(25)27-13-20(24)23-18-10-5-8-15-6-1-3-9-17(15)18/h1-4,6-7,9,11,18H,5,8,10,13-14H2,(H,23,24)/t18-/m0/s1. The molecule has 0 unspecified atom stereocenters. The van der Waals surface area contributed by atoms with Crippen LogP contribution in [0.3, 0.4) is 0 Å². The minimum atomic E-state index is -0.665. The van der Waals surface area contributed by atoms with Crippen LogP contribution >= 0.6 is 0 Å². The van der Waals surface area contributed by atoms with Gasteiger partial charge >= 0.3 is 5.97 Å². The lowest BCUT2D eigenvalue weighted by Gasteiger charge is -2.26. The van der Waals surface area contributed by atoms with Gasteiger partial charge in [-0.3, -0.25) is 4.79 Å². The maximum atomic E-state index is 12.1. The third-order valence-corrected chi connectivity index (χ3v) is 4.42. The number of carbonyl (C=O) groups excluding carboxylic acids is 2. The largest absolute Gasteiger partial charge is 0.481 e. The molecule has 0 saturated heterocycles. The van der Waals surface area contributed by atoms with E-state index in [1.807, 2.05) is 24.3 Å². The van der Waals surface area contributed by atoms with Crippen molar-refractivity contribution in [3.05, 3.63) is 65.2 Å². The molecule has 1 N–H and O–H groups in total. The summed E-state index contributed by atoms with van der Waals surface area (Å²) in [6, 6.07) is 16.6. The second-order valence-corrected chi connectivity index (χ2v) is 6.27. The Labute approximate surface area is 157 Å². The first-order chi connectivity index (χ1) is 13.2. The van der Waals surface area contributed by atoms with Gasteiger partial charge < -0.3 is 14.8 Å². The summed E-state index contributed by atoms with van der Waals surface area (Å²) in [4.78, 5) is 23.9. The monoisotopic (exact) mass is 364 g/mol. The summed E-state index contributed by atoms with van der Waals surface area (Å²) in [7, 11) is 0. The van der Waals surface area contributed by atoms with Gasteiger partial charge in [0.15, 0.2) is 13.2 Å². The normalized spacial score (nSPS) is 15.1. The number of nitriles is 1. The predicted molar refractivity (Wildman–Crippen MR) is 97.9 cm³/mol. The summed E-state index contributed by atoms with van der Waals surface area (Å²) in [6.45, 7) is -0.723. The van der Waals surface area contributed by atoms with Gasteiger partial charge in [-0.15, -0.1) is 0 Å². The topological polar surface area (TPSA) is 88.4 Å². The molecule has 6 nitrogen and oxygen atoms in total. The Hall–Kier alpha value is -3.33. The number of carbonyl (C=O) groups is 2. The first kappa shape index (κ1) is 18.5.